The zero-order valence-corrected chi connectivity index (χ0v) is 6.45. The number of halogens is 1. The molecule has 0 spiro atoms. The standard InChI is InChI=1S/C7H8FN3O/c1-4-2-6(7(9)11-12)10-3-5(4)8/h2-3,12H,1H3,(H2,9,11). The minimum absolute atomic E-state index is 0.127. The highest BCUT2D eigenvalue weighted by Crippen LogP contribution is 2.05. The lowest BCUT2D eigenvalue weighted by Crippen LogP contribution is -2.15. The predicted octanol–water partition coefficient (Wildman–Crippen LogP) is 0.624. The number of hydrogen-bond acceptors (Lipinski definition) is 3. The van der Waals surface area contributed by atoms with Crippen LogP contribution >= 0.6 is 0 Å². The molecular formula is C7H8FN3O. The van der Waals surface area contributed by atoms with Crippen LogP contribution in [0.15, 0.2) is 17.4 Å². The molecule has 1 aromatic rings. The molecule has 0 saturated carbocycles. The number of nitrogens with two attached hydrogens (primary N) is 1. The van der Waals surface area contributed by atoms with E-state index in [2.05, 4.69) is 10.1 Å². The molecule has 0 aliphatic rings. The average molecular weight is 169 g/mol. The van der Waals surface area contributed by atoms with Crippen LogP contribution in [0.5, 0.6) is 0 Å². The maximum atomic E-state index is 12.7. The maximum absolute atomic E-state index is 12.7. The van der Waals surface area contributed by atoms with Gasteiger partial charge >= 0.3 is 0 Å². The molecule has 1 aromatic heterocycles. The van der Waals surface area contributed by atoms with E-state index in [4.69, 9.17) is 10.9 Å². The van der Waals surface area contributed by atoms with Gasteiger partial charge in [0.25, 0.3) is 0 Å². The van der Waals surface area contributed by atoms with E-state index in [1.807, 2.05) is 0 Å². The van der Waals surface area contributed by atoms with Gasteiger partial charge in [-0.2, -0.15) is 0 Å². The molecule has 1 heterocycles. The quantitative estimate of drug-likeness (QED) is 0.280. The SMILES string of the molecule is Cc1cc(/C(N)=N/O)ncc1F. The molecule has 0 aliphatic carbocycles. The van der Waals surface area contributed by atoms with Crippen LogP contribution in [0.3, 0.4) is 0 Å². The number of nitrogens with zero attached hydrogens (tertiary/aromatic N) is 2. The van der Waals surface area contributed by atoms with Crippen LogP contribution in [0.1, 0.15) is 11.3 Å². The number of aryl methyl sites for hydroxylation is 1. The van der Waals surface area contributed by atoms with Crippen LogP contribution in [0.25, 0.3) is 0 Å². The van der Waals surface area contributed by atoms with E-state index in [0.29, 0.717) is 5.56 Å². The van der Waals surface area contributed by atoms with Crippen LogP contribution in [-0.4, -0.2) is 16.0 Å². The largest absolute Gasteiger partial charge is 0.409 e. The molecule has 0 aromatic carbocycles. The van der Waals surface area contributed by atoms with Crippen LogP contribution in [0, 0.1) is 12.7 Å². The molecule has 1 rings (SSSR count). The number of pyridine rings is 1. The van der Waals surface area contributed by atoms with Gasteiger partial charge in [-0.05, 0) is 18.6 Å². The van der Waals surface area contributed by atoms with Crippen molar-refractivity contribution in [1.82, 2.24) is 4.98 Å². The van der Waals surface area contributed by atoms with E-state index in [-0.39, 0.29) is 11.5 Å². The number of amidine groups is 1. The zero-order valence-electron chi connectivity index (χ0n) is 6.45. The van der Waals surface area contributed by atoms with E-state index in [1.165, 1.54) is 6.07 Å². The topological polar surface area (TPSA) is 71.5 Å². The second-order valence-electron chi connectivity index (χ2n) is 2.30. The molecule has 0 saturated heterocycles. The molecular weight excluding hydrogens is 161 g/mol. The molecule has 0 bridgehead atoms. The molecule has 12 heavy (non-hydrogen) atoms. The van der Waals surface area contributed by atoms with Gasteiger partial charge in [0.05, 0.1) is 6.20 Å². The summed E-state index contributed by atoms with van der Waals surface area (Å²) in [5.74, 6) is -0.539. The molecule has 0 radical (unpaired) electrons. The van der Waals surface area contributed by atoms with Crippen molar-refractivity contribution in [2.45, 2.75) is 6.92 Å². The normalized spacial score (nSPS) is 11.7. The van der Waals surface area contributed by atoms with Crippen molar-refractivity contribution >= 4 is 5.84 Å². The van der Waals surface area contributed by atoms with Gasteiger partial charge in [-0.25, -0.2) is 9.37 Å². The van der Waals surface area contributed by atoms with Crippen molar-refractivity contribution in [3.8, 4) is 0 Å². The third kappa shape index (κ3) is 1.50. The van der Waals surface area contributed by atoms with Crippen LogP contribution in [0.2, 0.25) is 0 Å². The monoisotopic (exact) mass is 169 g/mol. The van der Waals surface area contributed by atoms with Gasteiger partial charge in [-0.3, -0.25) is 0 Å². The fourth-order valence-electron chi connectivity index (χ4n) is 0.731. The molecule has 0 fully saturated rings. The molecule has 64 valence electrons. The molecule has 4 nitrogen and oxygen atoms in total. The first-order valence-corrected chi connectivity index (χ1v) is 3.25. The summed E-state index contributed by atoms with van der Waals surface area (Å²) >= 11 is 0. The second-order valence-corrected chi connectivity index (χ2v) is 2.30. The van der Waals surface area contributed by atoms with E-state index in [9.17, 15) is 4.39 Å². The zero-order chi connectivity index (χ0) is 9.14. The highest BCUT2D eigenvalue weighted by Gasteiger charge is 2.03. The maximum Gasteiger partial charge on any atom is 0.188 e. The van der Waals surface area contributed by atoms with Crippen molar-refractivity contribution in [3.05, 3.63) is 29.3 Å². The summed E-state index contributed by atoms with van der Waals surface area (Å²) in [7, 11) is 0. The molecule has 0 amide bonds. The van der Waals surface area contributed by atoms with Crippen LogP contribution < -0.4 is 5.73 Å². The van der Waals surface area contributed by atoms with Gasteiger partial charge in [0.2, 0.25) is 0 Å². The summed E-state index contributed by atoms with van der Waals surface area (Å²) < 4.78 is 12.7. The van der Waals surface area contributed by atoms with E-state index in [1.54, 1.807) is 6.92 Å². The first-order chi connectivity index (χ1) is 5.65. The van der Waals surface area contributed by atoms with E-state index < -0.39 is 5.82 Å². The molecule has 5 heteroatoms. The minimum atomic E-state index is -0.413. The van der Waals surface area contributed by atoms with Crippen molar-refractivity contribution in [1.29, 1.82) is 0 Å². The Kier molecular flexibility index (Phi) is 2.23. The van der Waals surface area contributed by atoms with Gasteiger partial charge in [-0.15, -0.1) is 0 Å². The number of hydrogen-bond donors (Lipinski definition) is 2. The molecule has 0 unspecified atom stereocenters. The van der Waals surface area contributed by atoms with Crippen molar-refractivity contribution in [3.63, 3.8) is 0 Å². The highest BCUT2D eigenvalue weighted by molar-refractivity contribution is 5.95. The van der Waals surface area contributed by atoms with Gasteiger partial charge in [0, 0.05) is 0 Å². The number of aromatic nitrogens is 1. The summed E-state index contributed by atoms with van der Waals surface area (Å²) in [4.78, 5) is 3.62. The van der Waals surface area contributed by atoms with Crippen molar-refractivity contribution < 1.29 is 9.60 Å². The summed E-state index contributed by atoms with van der Waals surface area (Å²) in [6, 6.07) is 1.41. The van der Waals surface area contributed by atoms with Crippen molar-refractivity contribution in [2.75, 3.05) is 0 Å². The van der Waals surface area contributed by atoms with Crippen LogP contribution in [-0.2, 0) is 0 Å². The summed E-state index contributed by atoms with van der Waals surface area (Å²) in [5.41, 5.74) is 5.90. The number of rotatable bonds is 1. The summed E-state index contributed by atoms with van der Waals surface area (Å²) in [6.45, 7) is 1.57. The Balaban J connectivity index is 3.13. The van der Waals surface area contributed by atoms with E-state index >= 15 is 0 Å². The molecule has 0 atom stereocenters. The fraction of sp³-hybridized carbons (Fsp3) is 0.143. The Morgan fingerprint density at radius 1 is 1.75 bits per heavy atom. The van der Waals surface area contributed by atoms with E-state index in [0.717, 1.165) is 6.20 Å². The minimum Gasteiger partial charge on any atom is -0.409 e. The lowest BCUT2D eigenvalue weighted by molar-refractivity contribution is 0.318. The van der Waals surface area contributed by atoms with Crippen molar-refractivity contribution in [2.24, 2.45) is 10.9 Å². The summed E-state index contributed by atoms with van der Waals surface area (Å²) in [5, 5.41) is 11.0. The average Bonchev–Trinajstić information content (AvgIpc) is 2.08. The number of oxime groups is 1. The van der Waals surface area contributed by atoms with Gasteiger partial charge in [-0.1, -0.05) is 5.16 Å². The lowest BCUT2D eigenvalue weighted by Gasteiger charge is -1.99. The van der Waals surface area contributed by atoms with Crippen LogP contribution in [0.4, 0.5) is 4.39 Å². The Morgan fingerprint density at radius 3 is 2.92 bits per heavy atom. The van der Waals surface area contributed by atoms with Gasteiger partial charge in [0.1, 0.15) is 11.5 Å². The second kappa shape index (κ2) is 3.17. The Hall–Kier alpha value is -1.65. The smallest absolute Gasteiger partial charge is 0.188 e. The molecule has 0 aliphatic heterocycles. The highest BCUT2D eigenvalue weighted by atomic mass is 19.1. The Bertz CT molecular complexity index is 324. The molecule has 3 N–H and O–H groups in total. The van der Waals surface area contributed by atoms with Gasteiger partial charge < -0.3 is 10.9 Å². The van der Waals surface area contributed by atoms with Gasteiger partial charge in [0.15, 0.2) is 5.84 Å². The fourth-order valence-corrected chi connectivity index (χ4v) is 0.731. The Labute approximate surface area is 68.5 Å². The summed E-state index contributed by atoms with van der Waals surface area (Å²) in [6.07, 6.45) is 1.03. The first kappa shape index (κ1) is 8.45. The predicted molar refractivity (Wildman–Crippen MR) is 41.4 cm³/mol. The third-order valence-corrected chi connectivity index (χ3v) is 1.42. The lowest BCUT2D eigenvalue weighted by atomic mass is 10.2. The Morgan fingerprint density at radius 2 is 2.42 bits per heavy atom. The first-order valence-electron chi connectivity index (χ1n) is 3.25. The third-order valence-electron chi connectivity index (χ3n) is 1.42.